The molecular formula is C15H17N5O3. The van der Waals surface area contributed by atoms with E-state index in [-0.39, 0.29) is 18.4 Å². The van der Waals surface area contributed by atoms with Gasteiger partial charge < -0.3 is 19.6 Å². The van der Waals surface area contributed by atoms with Crippen LogP contribution in [-0.4, -0.2) is 32.7 Å². The third kappa shape index (κ3) is 2.96. The first kappa shape index (κ1) is 14.9. The van der Waals surface area contributed by atoms with E-state index in [2.05, 4.69) is 15.7 Å². The first-order valence-electron chi connectivity index (χ1n) is 7.23. The Bertz CT molecular complexity index is 858. The van der Waals surface area contributed by atoms with Gasteiger partial charge in [0.05, 0.1) is 18.3 Å². The van der Waals surface area contributed by atoms with E-state index >= 15 is 0 Å². The molecule has 0 aliphatic rings. The van der Waals surface area contributed by atoms with Gasteiger partial charge in [0.1, 0.15) is 5.69 Å². The highest BCUT2D eigenvalue weighted by Crippen LogP contribution is 2.19. The Labute approximate surface area is 132 Å². The molecular weight excluding hydrogens is 298 g/mol. The number of anilines is 1. The molecule has 0 saturated carbocycles. The highest BCUT2D eigenvalue weighted by molar-refractivity contribution is 6.00. The Kier molecular flexibility index (Phi) is 3.88. The first-order valence-corrected chi connectivity index (χ1v) is 7.23. The van der Waals surface area contributed by atoms with Crippen molar-refractivity contribution in [2.75, 3.05) is 11.9 Å². The van der Waals surface area contributed by atoms with Crippen LogP contribution in [0.1, 0.15) is 17.4 Å². The summed E-state index contributed by atoms with van der Waals surface area (Å²) in [6.45, 7) is 2.54. The SMILES string of the molecule is CCn1ccc(NC(=O)CNC(=O)c2cc3occc3n2C)n1. The predicted octanol–water partition coefficient (Wildman–Crippen LogP) is 1.36. The van der Waals surface area contributed by atoms with E-state index in [9.17, 15) is 9.59 Å². The number of aromatic nitrogens is 3. The molecule has 0 spiro atoms. The Morgan fingerprint density at radius 2 is 2.17 bits per heavy atom. The molecule has 23 heavy (non-hydrogen) atoms. The van der Waals surface area contributed by atoms with E-state index in [1.807, 2.05) is 6.92 Å². The largest absolute Gasteiger partial charge is 0.463 e. The second-order valence-corrected chi connectivity index (χ2v) is 5.05. The lowest BCUT2D eigenvalue weighted by Gasteiger charge is -2.06. The molecule has 3 heterocycles. The molecule has 2 amide bonds. The zero-order valence-corrected chi connectivity index (χ0v) is 12.9. The summed E-state index contributed by atoms with van der Waals surface area (Å²) >= 11 is 0. The van der Waals surface area contributed by atoms with E-state index in [1.165, 1.54) is 0 Å². The predicted molar refractivity (Wildman–Crippen MR) is 84.0 cm³/mol. The van der Waals surface area contributed by atoms with Gasteiger partial charge in [0.25, 0.3) is 5.91 Å². The van der Waals surface area contributed by atoms with Gasteiger partial charge in [0.2, 0.25) is 5.91 Å². The number of rotatable bonds is 5. The molecule has 2 N–H and O–H groups in total. The normalized spacial score (nSPS) is 10.9. The van der Waals surface area contributed by atoms with Crippen molar-refractivity contribution >= 4 is 28.7 Å². The monoisotopic (exact) mass is 315 g/mol. The van der Waals surface area contributed by atoms with Gasteiger partial charge in [-0.25, -0.2) is 0 Å². The molecule has 0 unspecified atom stereocenters. The van der Waals surface area contributed by atoms with E-state index in [0.29, 0.717) is 17.1 Å². The van der Waals surface area contributed by atoms with Crippen LogP contribution in [0.15, 0.2) is 35.1 Å². The van der Waals surface area contributed by atoms with E-state index in [4.69, 9.17) is 4.42 Å². The zero-order chi connectivity index (χ0) is 16.4. The Balaban J connectivity index is 1.58. The summed E-state index contributed by atoms with van der Waals surface area (Å²) in [7, 11) is 1.77. The van der Waals surface area contributed by atoms with E-state index in [0.717, 1.165) is 12.1 Å². The van der Waals surface area contributed by atoms with Crippen LogP contribution in [0.4, 0.5) is 5.82 Å². The molecule has 0 aliphatic carbocycles. The van der Waals surface area contributed by atoms with Crippen LogP contribution in [0.3, 0.4) is 0 Å². The quantitative estimate of drug-likeness (QED) is 0.743. The summed E-state index contributed by atoms with van der Waals surface area (Å²) in [4.78, 5) is 24.0. The van der Waals surface area contributed by atoms with Gasteiger partial charge in [0.15, 0.2) is 11.4 Å². The minimum Gasteiger partial charge on any atom is -0.463 e. The van der Waals surface area contributed by atoms with Crippen molar-refractivity contribution in [2.24, 2.45) is 7.05 Å². The topological polar surface area (TPSA) is 94.1 Å². The summed E-state index contributed by atoms with van der Waals surface area (Å²) in [6.07, 6.45) is 3.34. The van der Waals surface area contributed by atoms with E-state index < -0.39 is 0 Å². The molecule has 0 atom stereocenters. The smallest absolute Gasteiger partial charge is 0.268 e. The number of aryl methyl sites for hydroxylation is 2. The molecule has 8 heteroatoms. The van der Waals surface area contributed by atoms with Crippen molar-refractivity contribution in [3.05, 3.63) is 36.4 Å². The van der Waals surface area contributed by atoms with Crippen molar-refractivity contribution in [3.8, 4) is 0 Å². The standard InChI is InChI=1S/C15H17N5O3/c1-3-20-6-4-13(18-20)17-14(21)9-16-15(22)11-8-12-10(19(11)2)5-7-23-12/h4-8H,3,9H2,1-2H3,(H,16,22)(H,17,18,21). The van der Waals surface area contributed by atoms with Gasteiger partial charge in [-0.15, -0.1) is 0 Å². The van der Waals surface area contributed by atoms with Gasteiger partial charge in [-0.05, 0) is 6.92 Å². The Hall–Kier alpha value is -3.03. The third-order valence-corrected chi connectivity index (χ3v) is 3.54. The third-order valence-electron chi connectivity index (χ3n) is 3.54. The molecule has 0 saturated heterocycles. The lowest BCUT2D eigenvalue weighted by molar-refractivity contribution is -0.115. The van der Waals surface area contributed by atoms with Crippen LogP contribution in [0.25, 0.3) is 11.1 Å². The van der Waals surface area contributed by atoms with Gasteiger partial charge in [-0.1, -0.05) is 0 Å². The molecule has 3 aromatic rings. The highest BCUT2D eigenvalue weighted by Gasteiger charge is 2.16. The molecule has 0 radical (unpaired) electrons. The summed E-state index contributed by atoms with van der Waals surface area (Å²) in [5.41, 5.74) is 1.89. The number of hydrogen-bond acceptors (Lipinski definition) is 4. The molecule has 0 aromatic carbocycles. The average Bonchev–Trinajstić information content (AvgIpc) is 3.23. The minimum atomic E-state index is -0.340. The number of carbonyl (C=O) groups is 2. The van der Waals surface area contributed by atoms with Crippen molar-refractivity contribution in [1.82, 2.24) is 19.7 Å². The number of fused-ring (bicyclic) bond motifs is 1. The maximum atomic E-state index is 12.2. The van der Waals surface area contributed by atoms with Crippen molar-refractivity contribution in [2.45, 2.75) is 13.5 Å². The number of carbonyl (C=O) groups excluding carboxylic acids is 2. The lowest BCUT2D eigenvalue weighted by atomic mass is 10.4. The van der Waals surface area contributed by atoms with E-state index in [1.54, 1.807) is 47.0 Å². The lowest BCUT2D eigenvalue weighted by Crippen LogP contribution is -2.33. The van der Waals surface area contributed by atoms with Crippen LogP contribution < -0.4 is 10.6 Å². The maximum Gasteiger partial charge on any atom is 0.268 e. The van der Waals surface area contributed by atoms with Crippen LogP contribution in [0.5, 0.6) is 0 Å². The fourth-order valence-corrected chi connectivity index (χ4v) is 2.31. The fourth-order valence-electron chi connectivity index (χ4n) is 2.31. The van der Waals surface area contributed by atoms with Crippen LogP contribution in [0, 0.1) is 0 Å². The number of nitrogens with zero attached hydrogens (tertiary/aromatic N) is 3. The molecule has 0 fully saturated rings. The Morgan fingerprint density at radius 1 is 1.35 bits per heavy atom. The minimum absolute atomic E-state index is 0.135. The van der Waals surface area contributed by atoms with Crippen LogP contribution in [-0.2, 0) is 18.4 Å². The number of furan rings is 1. The second kappa shape index (κ2) is 5.99. The van der Waals surface area contributed by atoms with Gasteiger partial charge >= 0.3 is 0 Å². The molecule has 3 aromatic heterocycles. The highest BCUT2D eigenvalue weighted by atomic mass is 16.3. The number of nitrogens with one attached hydrogen (secondary N) is 2. The molecule has 3 rings (SSSR count). The van der Waals surface area contributed by atoms with Gasteiger partial charge in [0, 0.05) is 38.0 Å². The molecule has 8 nitrogen and oxygen atoms in total. The fraction of sp³-hybridized carbons (Fsp3) is 0.267. The average molecular weight is 315 g/mol. The maximum absolute atomic E-state index is 12.2. The van der Waals surface area contributed by atoms with Crippen molar-refractivity contribution < 1.29 is 14.0 Å². The van der Waals surface area contributed by atoms with Crippen molar-refractivity contribution in [3.63, 3.8) is 0 Å². The van der Waals surface area contributed by atoms with Gasteiger partial charge in [-0.3, -0.25) is 14.3 Å². The summed E-state index contributed by atoms with van der Waals surface area (Å²) in [5, 5.41) is 9.36. The van der Waals surface area contributed by atoms with Crippen molar-refractivity contribution in [1.29, 1.82) is 0 Å². The summed E-state index contributed by atoms with van der Waals surface area (Å²) in [5.74, 6) is -0.215. The summed E-state index contributed by atoms with van der Waals surface area (Å²) in [6, 6.07) is 5.13. The summed E-state index contributed by atoms with van der Waals surface area (Å²) < 4.78 is 8.68. The van der Waals surface area contributed by atoms with Crippen LogP contribution >= 0.6 is 0 Å². The molecule has 0 aliphatic heterocycles. The van der Waals surface area contributed by atoms with Gasteiger partial charge in [-0.2, -0.15) is 5.10 Å². The zero-order valence-electron chi connectivity index (χ0n) is 12.9. The second-order valence-electron chi connectivity index (χ2n) is 5.05. The number of hydrogen-bond donors (Lipinski definition) is 2. The molecule has 0 bridgehead atoms. The Morgan fingerprint density at radius 3 is 2.87 bits per heavy atom. The first-order chi connectivity index (χ1) is 11.1. The molecule has 120 valence electrons. The van der Waals surface area contributed by atoms with Crippen LogP contribution in [0.2, 0.25) is 0 Å². The number of amides is 2.